The highest BCUT2D eigenvalue weighted by Crippen LogP contribution is 2.26. The van der Waals surface area contributed by atoms with E-state index >= 15 is 0 Å². The molecule has 132 valence electrons. The molecule has 0 aliphatic heterocycles. The molecule has 0 aliphatic rings. The Bertz CT molecular complexity index is 840. The third-order valence-corrected chi connectivity index (χ3v) is 4.11. The van der Waals surface area contributed by atoms with Crippen molar-refractivity contribution in [3.63, 3.8) is 0 Å². The lowest BCUT2D eigenvalue weighted by Crippen LogP contribution is -2.31. The number of rotatable bonds is 6. The normalized spacial score (nSPS) is 11.6. The lowest BCUT2D eigenvalue weighted by molar-refractivity contribution is -0.119. The van der Waals surface area contributed by atoms with Crippen LogP contribution in [0.4, 0.5) is 0 Å². The summed E-state index contributed by atoms with van der Waals surface area (Å²) in [5.41, 5.74) is 3.51. The molecule has 3 rings (SSSR count). The molecule has 1 N–H and O–H groups in total. The quantitative estimate of drug-likeness (QED) is 0.666. The van der Waals surface area contributed by atoms with Crippen molar-refractivity contribution in [2.24, 2.45) is 0 Å². The number of benzene rings is 3. The molecule has 3 nitrogen and oxygen atoms in total. The molecule has 3 aromatic carbocycles. The Morgan fingerprint density at radius 2 is 1.38 bits per heavy atom. The lowest BCUT2D eigenvalue weighted by atomic mass is 10.0. The van der Waals surface area contributed by atoms with Crippen LogP contribution >= 0.6 is 0 Å². The van der Waals surface area contributed by atoms with Crippen molar-refractivity contribution in [2.75, 3.05) is 0 Å². The molecule has 0 bridgehead atoms. The van der Waals surface area contributed by atoms with Crippen LogP contribution in [0.1, 0.15) is 19.4 Å². The largest absolute Gasteiger partial charge is 0.457 e. The zero-order valence-corrected chi connectivity index (χ0v) is 15.1. The van der Waals surface area contributed by atoms with E-state index in [-0.39, 0.29) is 11.9 Å². The number of ether oxygens (including phenoxy) is 1. The number of nitrogens with one attached hydrogen (secondary N) is 1. The van der Waals surface area contributed by atoms with E-state index in [1.807, 2.05) is 49.4 Å². The minimum absolute atomic E-state index is 0.00642. The van der Waals surface area contributed by atoms with Gasteiger partial charge in [-0.1, -0.05) is 54.6 Å². The SMILES string of the molecule is CC(=O)NC(C)Cc1ccc(-c2ccc(Oc3ccccc3)cc2)cc1. The van der Waals surface area contributed by atoms with Gasteiger partial charge in [-0.2, -0.15) is 0 Å². The molecule has 3 aromatic rings. The average molecular weight is 345 g/mol. The Balaban J connectivity index is 1.64. The molecule has 0 saturated carbocycles. The van der Waals surface area contributed by atoms with E-state index in [4.69, 9.17) is 4.74 Å². The number of para-hydroxylation sites is 1. The molecule has 3 heteroatoms. The van der Waals surface area contributed by atoms with Gasteiger partial charge in [0, 0.05) is 13.0 Å². The van der Waals surface area contributed by atoms with Gasteiger partial charge in [-0.05, 0) is 54.3 Å². The van der Waals surface area contributed by atoms with Crippen LogP contribution in [0.25, 0.3) is 11.1 Å². The number of hydrogen-bond donors (Lipinski definition) is 1. The van der Waals surface area contributed by atoms with Crippen LogP contribution < -0.4 is 10.1 Å². The Morgan fingerprint density at radius 3 is 1.96 bits per heavy atom. The molecular formula is C23H23NO2. The summed E-state index contributed by atoms with van der Waals surface area (Å²) in [6.07, 6.45) is 0.823. The van der Waals surface area contributed by atoms with E-state index in [0.717, 1.165) is 29.0 Å². The summed E-state index contributed by atoms with van der Waals surface area (Å²) in [5, 5.41) is 2.91. The molecular weight excluding hydrogens is 322 g/mol. The van der Waals surface area contributed by atoms with Crippen LogP contribution in [0, 0.1) is 0 Å². The van der Waals surface area contributed by atoms with Gasteiger partial charge in [-0.15, -0.1) is 0 Å². The fourth-order valence-corrected chi connectivity index (χ4v) is 2.92. The third-order valence-electron chi connectivity index (χ3n) is 4.11. The molecule has 0 heterocycles. The van der Waals surface area contributed by atoms with Crippen molar-refractivity contribution in [3.8, 4) is 22.6 Å². The molecule has 1 unspecified atom stereocenters. The summed E-state index contributed by atoms with van der Waals surface area (Å²) in [6, 6.07) is 26.4. The standard InChI is InChI=1S/C23H23NO2/c1-17(24-18(2)25)16-19-8-10-20(11-9-19)21-12-14-23(15-13-21)26-22-6-4-3-5-7-22/h3-15,17H,16H2,1-2H3,(H,24,25). The zero-order chi connectivity index (χ0) is 18.4. The lowest BCUT2D eigenvalue weighted by Gasteiger charge is -2.13. The fraction of sp³-hybridized carbons (Fsp3) is 0.174. The highest BCUT2D eigenvalue weighted by Gasteiger charge is 2.05. The molecule has 0 aromatic heterocycles. The van der Waals surface area contributed by atoms with Crippen LogP contribution in [0.5, 0.6) is 11.5 Å². The monoisotopic (exact) mass is 345 g/mol. The van der Waals surface area contributed by atoms with Gasteiger partial charge in [0.15, 0.2) is 0 Å². The Morgan fingerprint density at radius 1 is 0.846 bits per heavy atom. The molecule has 1 amide bonds. The summed E-state index contributed by atoms with van der Waals surface area (Å²) in [5.74, 6) is 1.66. The van der Waals surface area contributed by atoms with E-state index < -0.39 is 0 Å². The van der Waals surface area contributed by atoms with Crippen LogP contribution in [0.15, 0.2) is 78.9 Å². The van der Waals surface area contributed by atoms with Crippen molar-refractivity contribution in [2.45, 2.75) is 26.3 Å². The number of amides is 1. The predicted molar refractivity (Wildman–Crippen MR) is 105 cm³/mol. The summed E-state index contributed by atoms with van der Waals surface area (Å²) < 4.78 is 5.83. The summed E-state index contributed by atoms with van der Waals surface area (Å²) in [7, 11) is 0. The van der Waals surface area contributed by atoms with Gasteiger partial charge in [0.05, 0.1) is 0 Å². The maximum Gasteiger partial charge on any atom is 0.217 e. The van der Waals surface area contributed by atoms with Crippen molar-refractivity contribution < 1.29 is 9.53 Å². The number of carbonyl (C=O) groups excluding carboxylic acids is 1. The predicted octanol–water partition coefficient (Wildman–Crippen LogP) is 5.21. The van der Waals surface area contributed by atoms with Gasteiger partial charge in [0.1, 0.15) is 11.5 Å². The highest BCUT2D eigenvalue weighted by atomic mass is 16.5. The maximum absolute atomic E-state index is 11.1. The van der Waals surface area contributed by atoms with E-state index in [1.165, 1.54) is 5.56 Å². The number of hydrogen-bond acceptors (Lipinski definition) is 2. The van der Waals surface area contributed by atoms with E-state index in [2.05, 4.69) is 41.7 Å². The first-order valence-corrected chi connectivity index (χ1v) is 8.79. The maximum atomic E-state index is 11.1. The van der Waals surface area contributed by atoms with Crippen molar-refractivity contribution >= 4 is 5.91 Å². The Labute approximate surface area is 154 Å². The third kappa shape index (κ3) is 4.96. The first-order valence-electron chi connectivity index (χ1n) is 8.79. The first kappa shape index (κ1) is 17.7. The fourth-order valence-electron chi connectivity index (χ4n) is 2.92. The van der Waals surface area contributed by atoms with Crippen molar-refractivity contribution in [1.29, 1.82) is 0 Å². The second-order valence-electron chi connectivity index (χ2n) is 6.44. The molecule has 0 saturated heterocycles. The van der Waals surface area contributed by atoms with Crippen molar-refractivity contribution in [1.82, 2.24) is 5.32 Å². The number of carbonyl (C=O) groups is 1. The highest BCUT2D eigenvalue weighted by molar-refractivity contribution is 5.73. The van der Waals surface area contributed by atoms with Gasteiger partial charge in [0.25, 0.3) is 0 Å². The summed E-state index contributed by atoms with van der Waals surface area (Å²) in [6.45, 7) is 3.56. The Kier molecular flexibility index (Phi) is 5.69. The molecule has 0 radical (unpaired) electrons. The average Bonchev–Trinajstić information content (AvgIpc) is 2.63. The molecule has 0 spiro atoms. The molecule has 0 fully saturated rings. The zero-order valence-electron chi connectivity index (χ0n) is 15.1. The van der Waals surface area contributed by atoms with Gasteiger partial charge < -0.3 is 10.1 Å². The summed E-state index contributed by atoms with van der Waals surface area (Å²) >= 11 is 0. The van der Waals surface area contributed by atoms with Crippen LogP contribution in [-0.2, 0) is 11.2 Å². The van der Waals surface area contributed by atoms with Crippen LogP contribution in [0.2, 0.25) is 0 Å². The van der Waals surface area contributed by atoms with E-state index in [1.54, 1.807) is 6.92 Å². The molecule has 26 heavy (non-hydrogen) atoms. The van der Waals surface area contributed by atoms with Gasteiger partial charge >= 0.3 is 0 Å². The first-order chi connectivity index (χ1) is 12.6. The second kappa shape index (κ2) is 8.34. The molecule has 0 aliphatic carbocycles. The molecule has 1 atom stereocenters. The summed E-state index contributed by atoms with van der Waals surface area (Å²) in [4.78, 5) is 11.1. The van der Waals surface area contributed by atoms with Gasteiger partial charge in [0.2, 0.25) is 5.91 Å². The van der Waals surface area contributed by atoms with Crippen LogP contribution in [0.3, 0.4) is 0 Å². The van der Waals surface area contributed by atoms with E-state index in [9.17, 15) is 4.79 Å². The van der Waals surface area contributed by atoms with E-state index in [0.29, 0.717) is 0 Å². The minimum atomic E-state index is 0.00642. The minimum Gasteiger partial charge on any atom is -0.457 e. The Hall–Kier alpha value is -3.07. The van der Waals surface area contributed by atoms with Gasteiger partial charge in [-0.25, -0.2) is 0 Å². The van der Waals surface area contributed by atoms with Crippen molar-refractivity contribution in [3.05, 3.63) is 84.4 Å². The smallest absolute Gasteiger partial charge is 0.217 e. The topological polar surface area (TPSA) is 38.3 Å². The second-order valence-corrected chi connectivity index (χ2v) is 6.44. The van der Waals surface area contributed by atoms with Crippen LogP contribution in [-0.4, -0.2) is 11.9 Å². The van der Waals surface area contributed by atoms with Gasteiger partial charge in [-0.3, -0.25) is 4.79 Å².